The number of thiocarbonyl (C=S) groups is 1. The van der Waals surface area contributed by atoms with E-state index in [9.17, 15) is 4.79 Å². The third-order valence-electron chi connectivity index (χ3n) is 3.44. The molecule has 0 fully saturated rings. The Morgan fingerprint density at radius 3 is 2.65 bits per heavy atom. The number of carbonyl (C=O) groups excluding carboxylic acids is 1. The molecule has 0 aliphatic rings. The standard InChI is InChI=1S/C18H14BrN3O2S2/c1-24-15-5-3-2-4-13(15)16(23)21-17(25)22-18-20-14(10-26-18)11-6-8-12(19)9-7-11/h2-10H,1H3,(H2,20,21,22,23,25). The van der Waals surface area contributed by atoms with Gasteiger partial charge in [0.15, 0.2) is 10.2 Å². The van der Waals surface area contributed by atoms with Crippen molar-refractivity contribution in [1.29, 1.82) is 0 Å². The normalized spacial score (nSPS) is 10.2. The molecule has 1 amide bonds. The third-order valence-corrected chi connectivity index (χ3v) is 4.93. The molecule has 8 heteroatoms. The summed E-state index contributed by atoms with van der Waals surface area (Å²) in [7, 11) is 1.52. The molecular weight excluding hydrogens is 434 g/mol. The van der Waals surface area contributed by atoms with Crippen LogP contribution < -0.4 is 15.4 Å². The van der Waals surface area contributed by atoms with E-state index < -0.39 is 0 Å². The summed E-state index contributed by atoms with van der Waals surface area (Å²) in [5.41, 5.74) is 2.25. The largest absolute Gasteiger partial charge is 0.496 e. The monoisotopic (exact) mass is 447 g/mol. The minimum Gasteiger partial charge on any atom is -0.496 e. The highest BCUT2D eigenvalue weighted by molar-refractivity contribution is 9.10. The summed E-state index contributed by atoms with van der Waals surface area (Å²) in [6.07, 6.45) is 0. The Balaban J connectivity index is 1.65. The van der Waals surface area contributed by atoms with Crippen LogP contribution in [0.2, 0.25) is 0 Å². The van der Waals surface area contributed by atoms with Crippen LogP contribution in [0.1, 0.15) is 10.4 Å². The van der Waals surface area contributed by atoms with E-state index in [-0.39, 0.29) is 11.0 Å². The number of ether oxygens (including phenoxy) is 1. The minimum absolute atomic E-state index is 0.178. The van der Waals surface area contributed by atoms with Gasteiger partial charge >= 0.3 is 0 Å². The van der Waals surface area contributed by atoms with Crippen molar-refractivity contribution in [3.63, 3.8) is 0 Å². The van der Waals surface area contributed by atoms with Crippen molar-refractivity contribution < 1.29 is 9.53 Å². The van der Waals surface area contributed by atoms with Crippen LogP contribution in [0.3, 0.4) is 0 Å². The Hall–Kier alpha value is -2.29. The summed E-state index contributed by atoms with van der Waals surface area (Å²) in [6, 6.07) is 14.8. The SMILES string of the molecule is COc1ccccc1C(=O)NC(=S)Nc1nc(-c2ccc(Br)cc2)cs1. The zero-order valence-corrected chi connectivity index (χ0v) is 16.9. The molecule has 0 saturated heterocycles. The van der Waals surface area contributed by atoms with Crippen molar-refractivity contribution in [3.8, 4) is 17.0 Å². The van der Waals surface area contributed by atoms with Crippen molar-refractivity contribution in [2.24, 2.45) is 0 Å². The second-order valence-electron chi connectivity index (χ2n) is 5.15. The molecule has 2 aromatic carbocycles. The van der Waals surface area contributed by atoms with Gasteiger partial charge in [0.2, 0.25) is 0 Å². The Labute approximate surface area is 168 Å². The number of benzene rings is 2. The molecule has 0 spiro atoms. The van der Waals surface area contributed by atoms with Gasteiger partial charge in [-0.3, -0.25) is 10.1 Å². The Bertz CT molecular complexity index is 942. The highest BCUT2D eigenvalue weighted by Crippen LogP contribution is 2.26. The lowest BCUT2D eigenvalue weighted by atomic mass is 10.2. The van der Waals surface area contributed by atoms with Crippen LogP contribution in [0, 0.1) is 0 Å². The zero-order chi connectivity index (χ0) is 18.5. The average molecular weight is 448 g/mol. The molecule has 1 heterocycles. The number of thiazole rings is 1. The number of aromatic nitrogens is 1. The highest BCUT2D eigenvalue weighted by Gasteiger charge is 2.13. The summed E-state index contributed by atoms with van der Waals surface area (Å²) >= 11 is 10.0. The van der Waals surface area contributed by atoms with Crippen molar-refractivity contribution >= 4 is 55.6 Å². The van der Waals surface area contributed by atoms with E-state index >= 15 is 0 Å². The molecule has 0 aliphatic heterocycles. The molecule has 5 nitrogen and oxygen atoms in total. The lowest BCUT2D eigenvalue weighted by Crippen LogP contribution is -2.34. The molecule has 0 aliphatic carbocycles. The number of nitrogens with zero attached hydrogens (tertiary/aromatic N) is 1. The second-order valence-corrected chi connectivity index (χ2v) is 7.34. The minimum atomic E-state index is -0.343. The highest BCUT2D eigenvalue weighted by atomic mass is 79.9. The van der Waals surface area contributed by atoms with Gasteiger partial charge < -0.3 is 10.1 Å². The Morgan fingerprint density at radius 1 is 1.19 bits per heavy atom. The first-order chi connectivity index (χ1) is 12.6. The fourth-order valence-corrected chi connectivity index (χ4v) is 3.46. The summed E-state index contributed by atoms with van der Waals surface area (Å²) in [4.78, 5) is 16.8. The maximum atomic E-state index is 12.3. The number of rotatable bonds is 4. The first-order valence-electron chi connectivity index (χ1n) is 7.53. The third kappa shape index (κ3) is 4.46. The Morgan fingerprint density at radius 2 is 1.92 bits per heavy atom. The van der Waals surface area contributed by atoms with Crippen LogP contribution in [0.25, 0.3) is 11.3 Å². The molecule has 0 unspecified atom stereocenters. The summed E-state index contributed by atoms with van der Waals surface area (Å²) in [6.45, 7) is 0. The topological polar surface area (TPSA) is 63.2 Å². The maximum Gasteiger partial charge on any atom is 0.261 e. The summed E-state index contributed by atoms with van der Waals surface area (Å²) in [5.74, 6) is 0.143. The zero-order valence-electron chi connectivity index (χ0n) is 13.7. The summed E-state index contributed by atoms with van der Waals surface area (Å²) < 4.78 is 6.20. The van der Waals surface area contributed by atoms with E-state index in [4.69, 9.17) is 17.0 Å². The Kier molecular flexibility index (Phi) is 5.97. The van der Waals surface area contributed by atoms with Gasteiger partial charge in [-0.1, -0.05) is 40.2 Å². The number of hydrogen-bond acceptors (Lipinski definition) is 5. The molecule has 1 aromatic heterocycles. The fraction of sp³-hybridized carbons (Fsp3) is 0.0556. The van der Waals surface area contributed by atoms with Gasteiger partial charge in [0.25, 0.3) is 5.91 Å². The summed E-state index contributed by atoms with van der Waals surface area (Å²) in [5, 5.41) is 8.29. The van der Waals surface area contributed by atoms with E-state index in [1.165, 1.54) is 18.4 Å². The number of carbonyl (C=O) groups is 1. The fourth-order valence-electron chi connectivity index (χ4n) is 2.22. The number of nitrogens with one attached hydrogen (secondary N) is 2. The number of anilines is 1. The van der Waals surface area contributed by atoms with E-state index in [2.05, 4.69) is 31.5 Å². The maximum absolute atomic E-state index is 12.3. The number of methoxy groups -OCH3 is 1. The number of hydrogen-bond donors (Lipinski definition) is 2. The van der Waals surface area contributed by atoms with E-state index in [0.29, 0.717) is 16.4 Å². The van der Waals surface area contributed by atoms with Crippen LogP contribution in [0.4, 0.5) is 5.13 Å². The molecule has 26 heavy (non-hydrogen) atoms. The quantitative estimate of drug-likeness (QED) is 0.567. The molecule has 0 saturated carbocycles. The number of para-hydroxylation sites is 1. The lowest BCUT2D eigenvalue weighted by Gasteiger charge is -2.10. The van der Waals surface area contributed by atoms with E-state index in [0.717, 1.165) is 15.7 Å². The molecule has 3 rings (SSSR count). The molecule has 0 atom stereocenters. The van der Waals surface area contributed by atoms with Crippen LogP contribution in [0.5, 0.6) is 5.75 Å². The van der Waals surface area contributed by atoms with Crippen LogP contribution in [0.15, 0.2) is 58.4 Å². The van der Waals surface area contributed by atoms with Crippen molar-refractivity contribution in [3.05, 3.63) is 63.9 Å². The predicted octanol–water partition coefficient (Wildman–Crippen LogP) is 4.71. The molecule has 0 bridgehead atoms. The average Bonchev–Trinajstić information content (AvgIpc) is 3.10. The predicted molar refractivity (Wildman–Crippen MR) is 112 cm³/mol. The lowest BCUT2D eigenvalue weighted by molar-refractivity contribution is 0.0975. The van der Waals surface area contributed by atoms with Gasteiger partial charge in [0.05, 0.1) is 18.4 Å². The second kappa shape index (κ2) is 8.39. The van der Waals surface area contributed by atoms with Gasteiger partial charge in [-0.05, 0) is 36.5 Å². The number of amides is 1. The van der Waals surface area contributed by atoms with Gasteiger partial charge in [-0.15, -0.1) is 11.3 Å². The van der Waals surface area contributed by atoms with Crippen LogP contribution in [-0.4, -0.2) is 23.1 Å². The van der Waals surface area contributed by atoms with Crippen LogP contribution >= 0.6 is 39.5 Å². The molecule has 2 N–H and O–H groups in total. The molecular formula is C18H14BrN3O2S2. The smallest absolute Gasteiger partial charge is 0.261 e. The van der Waals surface area contributed by atoms with Gasteiger partial charge in [-0.25, -0.2) is 4.98 Å². The van der Waals surface area contributed by atoms with Gasteiger partial charge in [0, 0.05) is 15.4 Å². The van der Waals surface area contributed by atoms with Crippen molar-refractivity contribution in [2.45, 2.75) is 0 Å². The molecule has 0 radical (unpaired) electrons. The van der Waals surface area contributed by atoms with Crippen LogP contribution in [-0.2, 0) is 0 Å². The van der Waals surface area contributed by atoms with Gasteiger partial charge in [-0.2, -0.15) is 0 Å². The number of halogens is 1. The van der Waals surface area contributed by atoms with E-state index in [1.54, 1.807) is 24.3 Å². The molecule has 3 aromatic rings. The van der Waals surface area contributed by atoms with Crippen molar-refractivity contribution in [2.75, 3.05) is 12.4 Å². The first kappa shape index (κ1) is 18.5. The molecule has 132 valence electrons. The first-order valence-corrected chi connectivity index (χ1v) is 9.61. The van der Waals surface area contributed by atoms with Gasteiger partial charge in [0.1, 0.15) is 5.75 Å². The van der Waals surface area contributed by atoms with Crippen molar-refractivity contribution in [1.82, 2.24) is 10.3 Å². The van der Waals surface area contributed by atoms with E-state index in [1.807, 2.05) is 29.6 Å².